The maximum Gasteiger partial charge on any atom is 0.164 e. The molecule has 0 saturated carbocycles. The molecule has 0 atom stereocenters. The number of hydrogen-bond acceptors (Lipinski definition) is 3. The summed E-state index contributed by atoms with van der Waals surface area (Å²) >= 11 is 0. The van der Waals surface area contributed by atoms with E-state index >= 15 is 0 Å². The lowest BCUT2D eigenvalue weighted by atomic mass is 9.59. The van der Waals surface area contributed by atoms with Gasteiger partial charge < -0.3 is 4.98 Å². The zero-order chi connectivity index (χ0) is 31.8. The third kappa shape index (κ3) is 4.16. The number of aromatic nitrogens is 4. The minimum Gasteiger partial charge on any atom is -0.355 e. The summed E-state index contributed by atoms with van der Waals surface area (Å²) in [4.78, 5) is 18.5. The third-order valence-electron chi connectivity index (χ3n) is 11.4. The minimum atomic E-state index is 0.0529. The fourth-order valence-corrected chi connectivity index (χ4v) is 7.39. The van der Waals surface area contributed by atoms with Crippen LogP contribution in [0.2, 0.25) is 0 Å². The molecule has 226 valence electrons. The van der Waals surface area contributed by atoms with Crippen LogP contribution in [0.5, 0.6) is 0 Å². The van der Waals surface area contributed by atoms with Crippen LogP contribution in [0.3, 0.4) is 0 Å². The molecule has 46 heavy (non-hydrogen) atoms. The van der Waals surface area contributed by atoms with Crippen LogP contribution < -0.4 is 0 Å². The number of rotatable bonds is 4. The highest BCUT2D eigenvalue weighted by atomic mass is 15.0. The average Bonchev–Trinajstić information content (AvgIpc) is 3.49. The van der Waals surface area contributed by atoms with E-state index in [9.17, 15) is 0 Å². The molecule has 1 aliphatic rings. The molecule has 2 aromatic heterocycles. The van der Waals surface area contributed by atoms with E-state index in [0.717, 1.165) is 33.3 Å². The lowest BCUT2D eigenvalue weighted by molar-refractivity contribution is 0.125. The Hall–Kier alpha value is -5.09. The van der Waals surface area contributed by atoms with Gasteiger partial charge in [-0.05, 0) is 68.8 Å². The fourth-order valence-electron chi connectivity index (χ4n) is 7.39. The standard InChI is InChI=1S/C42H38N4/c1-40(2)33-24-32-31-23-29(20-21-35(31)43-36(32)25-34(33)41(3,4)42(40,5)6)28-18-13-19-30(22-28)39-45-37(26-14-9-7-10-15-26)44-38(46-39)27-16-11-8-12-17-27/h7-25,43H,1-6H3. The molecule has 0 aliphatic heterocycles. The van der Waals surface area contributed by atoms with Crippen molar-refractivity contribution in [1.82, 2.24) is 19.9 Å². The predicted octanol–water partition coefficient (Wildman–Crippen LogP) is 10.8. The summed E-state index contributed by atoms with van der Waals surface area (Å²) in [6.45, 7) is 14.5. The van der Waals surface area contributed by atoms with Crippen LogP contribution in [-0.2, 0) is 10.8 Å². The number of nitrogens with one attached hydrogen (secondary N) is 1. The second-order valence-corrected chi connectivity index (χ2v) is 14.3. The summed E-state index contributed by atoms with van der Waals surface area (Å²) in [7, 11) is 0. The van der Waals surface area contributed by atoms with Crippen molar-refractivity contribution in [3.8, 4) is 45.3 Å². The molecule has 4 heteroatoms. The Morgan fingerprint density at radius 2 is 0.891 bits per heavy atom. The van der Waals surface area contributed by atoms with Gasteiger partial charge in [-0.3, -0.25) is 0 Å². The first-order valence-corrected chi connectivity index (χ1v) is 16.1. The van der Waals surface area contributed by atoms with Crippen molar-refractivity contribution in [2.45, 2.75) is 52.4 Å². The largest absolute Gasteiger partial charge is 0.355 e. The summed E-state index contributed by atoms with van der Waals surface area (Å²) in [5.74, 6) is 1.99. The highest BCUT2D eigenvalue weighted by Crippen LogP contribution is 2.62. The average molecular weight is 599 g/mol. The number of aromatic amines is 1. The van der Waals surface area contributed by atoms with Crippen LogP contribution in [0.15, 0.2) is 115 Å². The van der Waals surface area contributed by atoms with Crippen molar-refractivity contribution in [2.24, 2.45) is 5.41 Å². The predicted molar refractivity (Wildman–Crippen MR) is 191 cm³/mol. The first kappa shape index (κ1) is 28.4. The van der Waals surface area contributed by atoms with E-state index in [2.05, 4.69) is 101 Å². The van der Waals surface area contributed by atoms with Gasteiger partial charge in [0.25, 0.3) is 0 Å². The second-order valence-electron chi connectivity index (χ2n) is 14.3. The van der Waals surface area contributed by atoms with Crippen molar-refractivity contribution >= 4 is 21.8 Å². The third-order valence-corrected chi connectivity index (χ3v) is 11.4. The summed E-state index contributed by atoms with van der Waals surface area (Å²) in [5.41, 5.74) is 10.7. The van der Waals surface area contributed by atoms with E-state index in [4.69, 9.17) is 15.0 Å². The van der Waals surface area contributed by atoms with Crippen molar-refractivity contribution < 1.29 is 0 Å². The molecule has 0 spiro atoms. The van der Waals surface area contributed by atoms with Crippen molar-refractivity contribution in [3.63, 3.8) is 0 Å². The van der Waals surface area contributed by atoms with E-state index in [1.54, 1.807) is 0 Å². The molecule has 0 amide bonds. The van der Waals surface area contributed by atoms with Gasteiger partial charge >= 0.3 is 0 Å². The monoisotopic (exact) mass is 598 g/mol. The van der Waals surface area contributed by atoms with Crippen LogP contribution in [0.1, 0.15) is 52.7 Å². The Morgan fingerprint density at radius 1 is 0.413 bits per heavy atom. The van der Waals surface area contributed by atoms with Gasteiger partial charge in [0.15, 0.2) is 17.5 Å². The number of fused-ring (bicyclic) bond motifs is 4. The van der Waals surface area contributed by atoms with Gasteiger partial charge in [-0.25, -0.2) is 15.0 Å². The lowest BCUT2D eigenvalue weighted by Crippen LogP contribution is -2.42. The van der Waals surface area contributed by atoms with Gasteiger partial charge in [-0.1, -0.05) is 126 Å². The molecule has 8 rings (SSSR count). The Balaban J connectivity index is 1.25. The Morgan fingerprint density at radius 3 is 1.50 bits per heavy atom. The zero-order valence-electron chi connectivity index (χ0n) is 27.3. The summed E-state index contributed by atoms with van der Waals surface area (Å²) in [5, 5.41) is 2.53. The van der Waals surface area contributed by atoms with Crippen LogP contribution in [0.4, 0.5) is 0 Å². The van der Waals surface area contributed by atoms with Gasteiger partial charge in [-0.15, -0.1) is 0 Å². The molecule has 1 N–H and O–H groups in total. The maximum atomic E-state index is 4.96. The van der Waals surface area contributed by atoms with Gasteiger partial charge in [-0.2, -0.15) is 0 Å². The first-order valence-electron chi connectivity index (χ1n) is 16.1. The van der Waals surface area contributed by atoms with E-state index in [1.807, 2.05) is 60.7 Å². The molecule has 0 saturated heterocycles. The topological polar surface area (TPSA) is 54.5 Å². The SMILES string of the molecule is CC1(C)c2cc3[nH]c4ccc(-c5cccc(-c6nc(-c7ccccc7)nc(-c7ccccc7)n6)c5)cc4c3cc2C(C)(C)C1(C)C. The van der Waals surface area contributed by atoms with Gasteiger partial charge in [0.05, 0.1) is 0 Å². The molecule has 0 bridgehead atoms. The molecule has 1 aliphatic carbocycles. The number of benzene rings is 5. The smallest absolute Gasteiger partial charge is 0.164 e. The normalized spacial score (nSPS) is 16.1. The van der Waals surface area contributed by atoms with E-state index < -0.39 is 0 Å². The molecule has 0 unspecified atom stereocenters. The number of H-pyrrole nitrogens is 1. The van der Waals surface area contributed by atoms with Crippen molar-refractivity contribution in [2.75, 3.05) is 0 Å². The molecular formula is C42H38N4. The Kier molecular flexibility index (Phi) is 6.14. The number of hydrogen-bond donors (Lipinski definition) is 1. The van der Waals surface area contributed by atoms with Crippen LogP contribution in [-0.4, -0.2) is 19.9 Å². The van der Waals surface area contributed by atoms with Gasteiger partial charge in [0.1, 0.15) is 0 Å². The van der Waals surface area contributed by atoms with E-state index in [-0.39, 0.29) is 16.2 Å². The van der Waals surface area contributed by atoms with E-state index in [1.165, 1.54) is 27.4 Å². The molecule has 0 fully saturated rings. The first-order chi connectivity index (χ1) is 22.0. The van der Waals surface area contributed by atoms with E-state index in [0.29, 0.717) is 17.5 Å². The molecule has 5 aromatic carbocycles. The molecular weight excluding hydrogens is 560 g/mol. The minimum absolute atomic E-state index is 0.0529. The Bertz CT molecular complexity index is 2220. The van der Waals surface area contributed by atoms with Crippen LogP contribution >= 0.6 is 0 Å². The lowest BCUT2D eigenvalue weighted by Gasteiger charge is -2.44. The molecule has 4 nitrogen and oxygen atoms in total. The summed E-state index contributed by atoms with van der Waals surface area (Å²) in [6.07, 6.45) is 0. The van der Waals surface area contributed by atoms with Crippen LogP contribution in [0, 0.1) is 5.41 Å². The van der Waals surface area contributed by atoms with Gasteiger partial charge in [0.2, 0.25) is 0 Å². The highest BCUT2D eigenvalue weighted by molar-refractivity contribution is 6.09. The van der Waals surface area contributed by atoms with Crippen molar-refractivity contribution in [3.05, 3.63) is 126 Å². The number of nitrogens with zero attached hydrogens (tertiary/aromatic N) is 3. The maximum absolute atomic E-state index is 4.96. The zero-order valence-corrected chi connectivity index (χ0v) is 27.3. The van der Waals surface area contributed by atoms with Gasteiger partial charge in [0, 0.05) is 38.5 Å². The molecule has 7 aromatic rings. The second kappa shape index (κ2) is 9.95. The molecule has 0 radical (unpaired) electrons. The Labute approximate surface area is 270 Å². The van der Waals surface area contributed by atoms with Crippen molar-refractivity contribution in [1.29, 1.82) is 0 Å². The summed E-state index contributed by atoms with van der Waals surface area (Å²) < 4.78 is 0. The van der Waals surface area contributed by atoms with Crippen LogP contribution in [0.25, 0.3) is 67.1 Å². The fraction of sp³-hybridized carbons (Fsp3) is 0.214. The summed E-state index contributed by atoms with van der Waals surface area (Å²) in [6, 6.07) is 40.4. The quantitative estimate of drug-likeness (QED) is 0.219. The highest BCUT2D eigenvalue weighted by Gasteiger charge is 2.56. The molecule has 2 heterocycles.